The molecule has 6 unspecified atom stereocenters. The van der Waals surface area contributed by atoms with Crippen molar-refractivity contribution in [3.63, 3.8) is 0 Å². The summed E-state index contributed by atoms with van der Waals surface area (Å²) in [6.45, 7) is 22.3. The first-order valence-electron chi connectivity index (χ1n) is 24.6. The molecule has 0 aromatic heterocycles. The minimum absolute atomic E-state index is 0.0195. The third kappa shape index (κ3) is 7.69. The lowest BCUT2D eigenvalue weighted by Crippen LogP contribution is -2.18. The van der Waals surface area contributed by atoms with Crippen LogP contribution in [0, 0.1) is 69.2 Å². The zero-order valence-corrected chi connectivity index (χ0v) is 41.3. The van der Waals surface area contributed by atoms with E-state index in [0.717, 1.165) is 11.5 Å². The van der Waals surface area contributed by atoms with Crippen LogP contribution < -0.4 is 9.47 Å². The monoisotopic (exact) mass is 886 g/mol. The molecule has 0 N–H and O–H groups in total. The molecule has 0 bridgehead atoms. The minimum atomic E-state index is -0.142. The van der Waals surface area contributed by atoms with E-state index in [2.05, 4.69) is 227 Å². The van der Waals surface area contributed by atoms with Crippen molar-refractivity contribution >= 4 is 12.2 Å². The van der Waals surface area contributed by atoms with E-state index < -0.39 is 0 Å². The van der Waals surface area contributed by atoms with Crippen LogP contribution in [-0.2, 0) is 0 Å². The highest BCUT2D eigenvalue weighted by molar-refractivity contribution is 5.76. The summed E-state index contributed by atoms with van der Waals surface area (Å²) in [7, 11) is 0. The molecular weight excluding hydrogens is 825 g/mol. The van der Waals surface area contributed by atoms with Crippen LogP contribution in [0.5, 0.6) is 11.5 Å². The minimum Gasteiger partial charge on any atom is -0.484 e. The number of rotatable bonds is 7. The maximum atomic E-state index is 7.23. The van der Waals surface area contributed by atoms with E-state index in [9.17, 15) is 0 Å². The van der Waals surface area contributed by atoms with Crippen molar-refractivity contribution in [2.45, 2.75) is 105 Å². The molecule has 11 rings (SSSR count). The summed E-state index contributed by atoms with van der Waals surface area (Å²) in [5.41, 5.74) is 28.2. The summed E-state index contributed by atoms with van der Waals surface area (Å²) in [4.78, 5) is 0. The Morgan fingerprint density at radius 2 is 0.809 bits per heavy atom. The summed E-state index contributed by atoms with van der Waals surface area (Å²) in [6, 6.07) is 55.7. The molecular formula is C66H62O2. The van der Waals surface area contributed by atoms with Gasteiger partial charge in [-0.3, -0.25) is 0 Å². The summed E-state index contributed by atoms with van der Waals surface area (Å²) < 4.78 is 14.3. The first-order valence-corrected chi connectivity index (χ1v) is 24.6. The Bertz CT molecular complexity index is 3270. The summed E-state index contributed by atoms with van der Waals surface area (Å²) in [5.74, 6) is 2.15. The zero-order chi connectivity index (χ0) is 47.1. The number of aryl methyl sites for hydroxylation is 10. The summed E-state index contributed by atoms with van der Waals surface area (Å²) in [5, 5.41) is 0. The predicted octanol–water partition coefficient (Wildman–Crippen LogP) is 16.7. The van der Waals surface area contributed by atoms with E-state index in [0.29, 0.717) is 0 Å². The Kier molecular flexibility index (Phi) is 10.9. The van der Waals surface area contributed by atoms with E-state index in [1.54, 1.807) is 0 Å². The first kappa shape index (κ1) is 43.7. The number of fused-ring (bicyclic) bond motifs is 3. The lowest BCUT2D eigenvalue weighted by atomic mass is 9.71. The number of benzene rings is 8. The second-order valence-corrected chi connectivity index (χ2v) is 20.7. The van der Waals surface area contributed by atoms with Gasteiger partial charge in [-0.15, -0.1) is 0 Å². The van der Waals surface area contributed by atoms with Gasteiger partial charge in [-0.1, -0.05) is 179 Å². The Labute approximate surface area is 404 Å². The molecule has 2 nitrogen and oxygen atoms in total. The lowest BCUT2D eigenvalue weighted by Gasteiger charge is -2.32. The average Bonchev–Trinajstić information content (AvgIpc) is 3.84. The lowest BCUT2D eigenvalue weighted by molar-refractivity contribution is 0.222. The van der Waals surface area contributed by atoms with Crippen molar-refractivity contribution in [1.29, 1.82) is 0 Å². The van der Waals surface area contributed by atoms with Crippen molar-refractivity contribution in [1.82, 2.24) is 0 Å². The van der Waals surface area contributed by atoms with E-state index in [1.807, 2.05) is 0 Å². The Morgan fingerprint density at radius 3 is 1.41 bits per heavy atom. The van der Waals surface area contributed by atoms with Gasteiger partial charge in [0.05, 0.1) is 11.8 Å². The average molecular weight is 887 g/mol. The number of ether oxygens (including phenoxy) is 2. The van der Waals surface area contributed by atoms with Gasteiger partial charge in [0.15, 0.2) is 0 Å². The van der Waals surface area contributed by atoms with Gasteiger partial charge in [-0.2, -0.15) is 0 Å². The third-order valence-electron chi connectivity index (χ3n) is 15.2. The van der Waals surface area contributed by atoms with Crippen molar-refractivity contribution < 1.29 is 9.47 Å². The highest BCUT2D eigenvalue weighted by Gasteiger charge is 2.47. The van der Waals surface area contributed by atoms with Crippen LogP contribution in [-0.4, -0.2) is 0 Å². The third-order valence-corrected chi connectivity index (χ3v) is 15.2. The van der Waals surface area contributed by atoms with Gasteiger partial charge in [0, 0.05) is 23.0 Å². The van der Waals surface area contributed by atoms with Crippen molar-refractivity contribution in [3.8, 4) is 11.5 Å². The molecule has 0 saturated carbocycles. The molecule has 1 aliphatic carbocycles. The van der Waals surface area contributed by atoms with Crippen molar-refractivity contribution in [2.75, 3.05) is 0 Å². The van der Waals surface area contributed by atoms with Gasteiger partial charge in [-0.05, 0) is 159 Å². The molecule has 2 aliphatic heterocycles. The SMILES string of the molecule is Cc1ccc(C2Oc3cc(C)cc(/C=C/c4ccc(C)c(C5c6cc(C)cc7c6C(c6cc(C)cc(C)c6C5c5ccc(C)cc5)C(c5ccc(C)cc5)O7)c4)c3C2c2cc(C)cc(C)c2)cc1. The van der Waals surface area contributed by atoms with Crippen LogP contribution in [0.4, 0.5) is 0 Å². The smallest absolute Gasteiger partial charge is 0.135 e. The molecule has 0 fully saturated rings. The molecule has 2 heteroatoms. The molecule has 3 aliphatic rings. The zero-order valence-electron chi connectivity index (χ0n) is 41.3. The van der Waals surface area contributed by atoms with E-state index in [-0.39, 0.29) is 35.9 Å². The van der Waals surface area contributed by atoms with Gasteiger partial charge >= 0.3 is 0 Å². The molecule has 2 heterocycles. The summed E-state index contributed by atoms with van der Waals surface area (Å²) in [6.07, 6.45) is 4.42. The van der Waals surface area contributed by atoms with Crippen LogP contribution in [0.25, 0.3) is 12.2 Å². The van der Waals surface area contributed by atoms with Gasteiger partial charge in [0.1, 0.15) is 23.7 Å². The van der Waals surface area contributed by atoms with Crippen molar-refractivity contribution in [2.24, 2.45) is 0 Å². The van der Waals surface area contributed by atoms with Gasteiger partial charge < -0.3 is 9.47 Å². The number of hydrogen-bond acceptors (Lipinski definition) is 2. The fourth-order valence-electron chi connectivity index (χ4n) is 12.2. The molecule has 68 heavy (non-hydrogen) atoms. The first-order chi connectivity index (χ1) is 32.8. The van der Waals surface area contributed by atoms with Crippen LogP contribution in [0.2, 0.25) is 0 Å². The standard InChI is InChI=1S/C66H62O2/c1-37-11-20-48(21-12-37)60-58-46(10)28-42(6)32-54(58)64-63-55(33-44(8)35-57(63)68-66(64)50-24-15-39(3)16-25-50)62(60)53-36-47(18-17-45(53)9)19-26-51-29-43(7)34-56-59(51)61(52-30-40(4)27-41(5)31-52)65(67-56)49-22-13-38(2)14-23-49/h11-36,60-62,64-66H,1-10H3/b26-19+. The fourth-order valence-corrected chi connectivity index (χ4v) is 12.2. The van der Waals surface area contributed by atoms with Crippen LogP contribution >= 0.6 is 0 Å². The van der Waals surface area contributed by atoms with Crippen LogP contribution in [0.15, 0.2) is 146 Å². The normalized spacial score (nSPS) is 20.1. The topological polar surface area (TPSA) is 18.5 Å². The molecule has 0 spiro atoms. The fraction of sp³-hybridized carbons (Fsp3) is 0.242. The summed E-state index contributed by atoms with van der Waals surface area (Å²) >= 11 is 0. The largest absolute Gasteiger partial charge is 0.484 e. The van der Waals surface area contributed by atoms with E-state index in [1.165, 1.54) is 122 Å². The molecule has 0 amide bonds. The maximum absolute atomic E-state index is 7.23. The molecule has 6 atom stereocenters. The quantitative estimate of drug-likeness (QED) is 0.148. The van der Waals surface area contributed by atoms with Gasteiger partial charge in [0.2, 0.25) is 0 Å². The van der Waals surface area contributed by atoms with Crippen molar-refractivity contribution in [3.05, 3.63) is 268 Å². The number of hydrogen-bond donors (Lipinski definition) is 0. The molecule has 338 valence electrons. The van der Waals surface area contributed by atoms with E-state index in [4.69, 9.17) is 9.47 Å². The Morgan fingerprint density at radius 1 is 0.309 bits per heavy atom. The molecule has 0 radical (unpaired) electrons. The molecule has 0 saturated heterocycles. The van der Waals surface area contributed by atoms with Gasteiger partial charge in [-0.25, -0.2) is 0 Å². The highest BCUT2D eigenvalue weighted by Crippen LogP contribution is 2.61. The maximum Gasteiger partial charge on any atom is 0.135 e. The molecule has 8 aromatic carbocycles. The van der Waals surface area contributed by atoms with Crippen LogP contribution in [0.3, 0.4) is 0 Å². The highest BCUT2D eigenvalue weighted by atomic mass is 16.5. The van der Waals surface area contributed by atoms with Gasteiger partial charge in [0.25, 0.3) is 0 Å². The second kappa shape index (κ2) is 17.0. The second-order valence-electron chi connectivity index (χ2n) is 20.7. The molecule has 8 aromatic rings. The van der Waals surface area contributed by atoms with E-state index >= 15 is 0 Å². The predicted molar refractivity (Wildman–Crippen MR) is 282 cm³/mol. The Hall–Kier alpha value is -6.90. The Balaban J connectivity index is 1.10. The van der Waals surface area contributed by atoms with Crippen LogP contribution in [0.1, 0.15) is 158 Å².